The molecular weight excluding hydrogens is 633 g/mol. The van der Waals surface area contributed by atoms with Crippen molar-refractivity contribution in [2.24, 2.45) is 0 Å². The third-order valence-corrected chi connectivity index (χ3v) is 10.2. The Morgan fingerprint density at radius 1 is 0.848 bits per heavy atom. The fourth-order valence-electron chi connectivity index (χ4n) is 4.70. The summed E-state index contributed by atoms with van der Waals surface area (Å²) in [6.07, 6.45) is 0. The Kier molecular flexibility index (Phi) is 8.94. The number of aryl methyl sites for hydroxylation is 1. The van der Waals surface area contributed by atoms with Gasteiger partial charge in [0.05, 0.1) is 33.2 Å². The molecule has 0 aliphatic heterocycles. The van der Waals surface area contributed by atoms with Crippen molar-refractivity contribution in [2.45, 2.75) is 16.7 Å². The molecule has 5 rings (SSSR count). The van der Waals surface area contributed by atoms with Crippen LogP contribution in [0.4, 0.5) is 22.7 Å². The van der Waals surface area contributed by atoms with E-state index < -0.39 is 37.4 Å². The molecule has 0 aliphatic rings. The van der Waals surface area contributed by atoms with Crippen LogP contribution in [0, 0.1) is 17.0 Å². The van der Waals surface area contributed by atoms with Gasteiger partial charge in [0.1, 0.15) is 12.3 Å². The van der Waals surface area contributed by atoms with Gasteiger partial charge in [0.15, 0.2) is 0 Å². The zero-order chi connectivity index (χ0) is 33.1. The van der Waals surface area contributed by atoms with Gasteiger partial charge in [-0.05, 0) is 73.0 Å². The average Bonchev–Trinajstić information content (AvgIpc) is 3.04. The van der Waals surface area contributed by atoms with Gasteiger partial charge in [-0.2, -0.15) is 0 Å². The first-order valence-electron chi connectivity index (χ1n) is 13.7. The molecular formula is C32H28N4O8S2. The number of carbonyl (C=O) groups excluding carboxylic acids is 1. The summed E-state index contributed by atoms with van der Waals surface area (Å²) in [4.78, 5) is 23.6. The Bertz CT molecular complexity index is 2150. The molecule has 5 aromatic rings. The van der Waals surface area contributed by atoms with Gasteiger partial charge in [-0.15, -0.1) is 0 Å². The molecule has 46 heavy (non-hydrogen) atoms. The average molecular weight is 661 g/mol. The molecule has 0 bridgehead atoms. The number of methoxy groups -OCH3 is 1. The summed E-state index contributed by atoms with van der Waals surface area (Å²) in [7, 11) is -7.00. The van der Waals surface area contributed by atoms with Gasteiger partial charge in [-0.25, -0.2) is 16.8 Å². The van der Waals surface area contributed by atoms with Gasteiger partial charge >= 0.3 is 0 Å². The number of hydrogen-bond donors (Lipinski definition) is 2. The monoisotopic (exact) mass is 660 g/mol. The fraction of sp³-hybridized carbons (Fsp3) is 0.0938. The molecule has 12 nitrogen and oxygen atoms in total. The molecule has 1 amide bonds. The molecule has 0 heterocycles. The molecule has 0 saturated carbocycles. The summed E-state index contributed by atoms with van der Waals surface area (Å²) in [5, 5.41) is 15.7. The summed E-state index contributed by atoms with van der Waals surface area (Å²) in [6, 6.07) is 27.4. The zero-order valence-electron chi connectivity index (χ0n) is 24.6. The highest BCUT2D eigenvalue weighted by molar-refractivity contribution is 7.93. The first kappa shape index (κ1) is 31.9. The molecule has 0 aliphatic carbocycles. The number of nitrogens with one attached hydrogen (secondary N) is 2. The minimum absolute atomic E-state index is 0.0539. The van der Waals surface area contributed by atoms with Crippen molar-refractivity contribution < 1.29 is 31.3 Å². The first-order chi connectivity index (χ1) is 21.9. The Labute approximate surface area is 265 Å². The van der Waals surface area contributed by atoms with E-state index >= 15 is 0 Å². The van der Waals surface area contributed by atoms with E-state index in [0.717, 1.165) is 21.1 Å². The largest absolute Gasteiger partial charge is 0.497 e. The molecule has 0 spiro atoms. The van der Waals surface area contributed by atoms with Gasteiger partial charge in [0.25, 0.3) is 25.7 Å². The van der Waals surface area contributed by atoms with Crippen molar-refractivity contribution >= 4 is 59.5 Å². The van der Waals surface area contributed by atoms with E-state index in [-0.39, 0.29) is 32.4 Å². The predicted molar refractivity (Wildman–Crippen MR) is 175 cm³/mol. The highest BCUT2D eigenvalue weighted by Crippen LogP contribution is 2.30. The van der Waals surface area contributed by atoms with E-state index in [2.05, 4.69) is 10.0 Å². The Morgan fingerprint density at radius 2 is 1.50 bits per heavy atom. The number of nitrogens with zero attached hydrogens (tertiary/aromatic N) is 2. The van der Waals surface area contributed by atoms with Gasteiger partial charge in [0.2, 0.25) is 5.91 Å². The second-order valence-electron chi connectivity index (χ2n) is 10.1. The molecule has 0 aromatic heterocycles. The maximum Gasteiger partial charge on any atom is 0.273 e. The SMILES string of the molecule is COc1ccc(N(CC(=O)Nc2ccc(S(=O)(=O)Nc3cccc4ccccc34)cc2)S(=O)(=O)c2ccc(C)c([N+](=O)[O-])c2)cc1. The standard InChI is InChI=1S/C32H28N4O8S2/c1-22-10-17-28(20-31(22)36(38)39)46(42,43)35(25-13-15-26(44-2)16-14-25)21-32(37)33-24-11-18-27(19-12-24)45(40,41)34-30-9-5-7-23-6-3-4-8-29(23)30/h3-20,34H,21H2,1-2H3,(H,33,37). The molecule has 0 fully saturated rings. The van der Waals surface area contributed by atoms with Crippen LogP contribution in [-0.2, 0) is 24.8 Å². The Balaban J connectivity index is 1.37. The molecule has 14 heteroatoms. The quantitative estimate of drug-likeness (QED) is 0.135. The normalized spacial score (nSPS) is 11.5. The van der Waals surface area contributed by atoms with Crippen molar-refractivity contribution in [2.75, 3.05) is 28.0 Å². The molecule has 236 valence electrons. The van der Waals surface area contributed by atoms with Crippen molar-refractivity contribution in [1.29, 1.82) is 0 Å². The van der Waals surface area contributed by atoms with Gasteiger partial charge < -0.3 is 10.1 Å². The number of hydrogen-bond acceptors (Lipinski definition) is 8. The van der Waals surface area contributed by atoms with E-state index in [9.17, 15) is 31.7 Å². The van der Waals surface area contributed by atoms with Crippen LogP contribution in [0.25, 0.3) is 10.8 Å². The van der Waals surface area contributed by atoms with Crippen LogP contribution >= 0.6 is 0 Å². The topological polar surface area (TPSA) is 165 Å². The van der Waals surface area contributed by atoms with Gasteiger partial charge in [-0.3, -0.25) is 23.9 Å². The lowest BCUT2D eigenvalue weighted by atomic mass is 10.1. The Morgan fingerprint density at radius 3 is 2.17 bits per heavy atom. The lowest BCUT2D eigenvalue weighted by molar-refractivity contribution is -0.385. The summed E-state index contributed by atoms with van der Waals surface area (Å²) < 4.78 is 62.4. The zero-order valence-corrected chi connectivity index (χ0v) is 26.2. The fourth-order valence-corrected chi connectivity index (χ4v) is 7.22. The van der Waals surface area contributed by atoms with E-state index in [1.165, 1.54) is 74.7 Å². The van der Waals surface area contributed by atoms with Crippen LogP contribution in [0.1, 0.15) is 5.56 Å². The maximum atomic E-state index is 13.8. The number of ether oxygens (including phenoxy) is 1. The minimum Gasteiger partial charge on any atom is -0.497 e. The van der Waals surface area contributed by atoms with E-state index in [1.54, 1.807) is 18.2 Å². The second kappa shape index (κ2) is 12.9. The van der Waals surface area contributed by atoms with E-state index in [4.69, 9.17) is 4.74 Å². The lowest BCUT2D eigenvalue weighted by Crippen LogP contribution is -2.38. The summed E-state index contributed by atoms with van der Waals surface area (Å²) in [5.74, 6) is -0.299. The van der Waals surface area contributed by atoms with Crippen molar-refractivity contribution in [3.05, 3.63) is 125 Å². The van der Waals surface area contributed by atoms with Crippen LogP contribution in [-0.4, -0.2) is 41.3 Å². The van der Waals surface area contributed by atoms with Gasteiger partial charge in [0, 0.05) is 22.7 Å². The molecule has 0 saturated heterocycles. The number of carbonyl (C=O) groups is 1. The highest BCUT2D eigenvalue weighted by atomic mass is 32.2. The number of anilines is 3. The second-order valence-corrected chi connectivity index (χ2v) is 13.7. The third-order valence-electron chi connectivity index (χ3n) is 7.10. The van der Waals surface area contributed by atoms with Crippen molar-refractivity contribution in [3.8, 4) is 5.75 Å². The summed E-state index contributed by atoms with van der Waals surface area (Å²) >= 11 is 0. The summed E-state index contributed by atoms with van der Waals surface area (Å²) in [6.45, 7) is 0.790. The van der Waals surface area contributed by atoms with Gasteiger partial charge in [-0.1, -0.05) is 42.5 Å². The van der Waals surface area contributed by atoms with Crippen molar-refractivity contribution in [3.63, 3.8) is 0 Å². The number of amides is 1. The highest BCUT2D eigenvalue weighted by Gasteiger charge is 2.29. The smallest absolute Gasteiger partial charge is 0.273 e. The molecule has 0 radical (unpaired) electrons. The number of benzene rings is 5. The number of nitro benzene ring substituents is 1. The van der Waals surface area contributed by atoms with Crippen LogP contribution < -0.4 is 19.1 Å². The number of fused-ring (bicyclic) bond motifs is 1. The molecule has 2 N–H and O–H groups in total. The summed E-state index contributed by atoms with van der Waals surface area (Å²) in [5.41, 5.74) is 0.627. The number of sulfonamides is 2. The van der Waals surface area contributed by atoms with E-state index in [0.29, 0.717) is 11.4 Å². The maximum absolute atomic E-state index is 13.8. The predicted octanol–water partition coefficient (Wildman–Crippen LogP) is 5.70. The third kappa shape index (κ3) is 6.77. The van der Waals surface area contributed by atoms with Crippen LogP contribution in [0.3, 0.4) is 0 Å². The molecule has 5 aromatic carbocycles. The lowest BCUT2D eigenvalue weighted by Gasteiger charge is -2.24. The first-order valence-corrected chi connectivity index (χ1v) is 16.6. The number of nitro groups is 1. The van der Waals surface area contributed by atoms with Crippen LogP contribution in [0.2, 0.25) is 0 Å². The van der Waals surface area contributed by atoms with Crippen molar-refractivity contribution in [1.82, 2.24) is 0 Å². The minimum atomic E-state index is -4.47. The van der Waals surface area contributed by atoms with Crippen LogP contribution in [0.15, 0.2) is 119 Å². The van der Waals surface area contributed by atoms with Crippen LogP contribution in [0.5, 0.6) is 5.75 Å². The molecule has 0 unspecified atom stereocenters. The number of rotatable bonds is 11. The Hall–Kier alpha value is -5.47. The molecule has 0 atom stereocenters. The van der Waals surface area contributed by atoms with E-state index in [1.807, 2.05) is 24.3 Å².